The van der Waals surface area contributed by atoms with Crippen LogP contribution in [0.15, 0.2) is 41.1 Å². The Labute approximate surface area is 95.1 Å². The van der Waals surface area contributed by atoms with Crippen molar-refractivity contribution >= 4 is 27.5 Å². The molecule has 0 aliphatic heterocycles. The Hall–Kier alpha value is -0.930. The minimum Gasteiger partial charge on any atom is -0.255 e. The van der Waals surface area contributed by atoms with Crippen LogP contribution >= 0.6 is 27.5 Å². The molecule has 4 heteroatoms. The van der Waals surface area contributed by atoms with E-state index >= 15 is 0 Å². The number of rotatable bonds is 1. The molecule has 2 nitrogen and oxygen atoms in total. The van der Waals surface area contributed by atoms with Crippen LogP contribution in [0.3, 0.4) is 0 Å². The van der Waals surface area contributed by atoms with E-state index in [1.165, 1.54) is 0 Å². The molecule has 0 unspecified atom stereocenters. The number of hydrogen-bond donors (Lipinski definition) is 0. The fraction of sp³-hybridized carbons (Fsp3) is 0. The molecule has 0 atom stereocenters. The fourth-order valence-corrected chi connectivity index (χ4v) is 1.58. The molecule has 0 N–H and O–H groups in total. The lowest BCUT2D eigenvalue weighted by atomic mass is 10.2. The summed E-state index contributed by atoms with van der Waals surface area (Å²) in [7, 11) is 0. The zero-order chi connectivity index (χ0) is 9.97. The molecule has 0 aliphatic rings. The van der Waals surface area contributed by atoms with E-state index in [0.717, 1.165) is 15.9 Å². The van der Waals surface area contributed by atoms with E-state index < -0.39 is 0 Å². The van der Waals surface area contributed by atoms with Crippen LogP contribution in [0.2, 0.25) is 5.02 Å². The summed E-state index contributed by atoms with van der Waals surface area (Å²) in [5, 5.41) is 0.664. The second-order valence-electron chi connectivity index (χ2n) is 2.72. The first-order valence-corrected chi connectivity index (χ1v) is 5.16. The minimum atomic E-state index is 0.664. The molecule has 0 saturated heterocycles. The van der Waals surface area contributed by atoms with Gasteiger partial charge in [-0.25, -0.2) is 0 Å². The molecular weight excluding hydrogens is 263 g/mol. The average molecular weight is 270 g/mol. The highest BCUT2D eigenvalue weighted by Gasteiger charge is 2.01. The van der Waals surface area contributed by atoms with Crippen molar-refractivity contribution in [3.63, 3.8) is 0 Å². The largest absolute Gasteiger partial charge is 0.255 e. The van der Waals surface area contributed by atoms with Gasteiger partial charge in [0.05, 0.1) is 11.4 Å². The van der Waals surface area contributed by atoms with E-state index in [-0.39, 0.29) is 0 Å². The second-order valence-corrected chi connectivity index (χ2v) is 4.07. The fourth-order valence-electron chi connectivity index (χ4n) is 1.09. The van der Waals surface area contributed by atoms with E-state index in [2.05, 4.69) is 25.9 Å². The molecule has 0 saturated carbocycles. The lowest BCUT2D eigenvalue weighted by molar-refractivity contribution is 1.24. The molecule has 0 aliphatic carbocycles. The van der Waals surface area contributed by atoms with Crippen LogP contribution < -0.4 is 0 Å². The van der Waals surface area contributed by atoms with Gasteiger partial charge in [-0.2, -0.15) is 0 Å². The molecule has 0 aromatic carbocycles. The maximum atomic E-state index is 5.86. The van der Waals surface area contributed by atoms with Gasteiger partial charge in [0.2, 0.25) is 0 Å². The standard InChI is InChI=1S/C10H6BrClN2/c11-7-1-3-13-9(5-7)10-6-8(12)2-4-14-10/h1-6H. The molecule has 0 radical (unpaired) electrons. The van der Waals surface area contributed by atoms with Crippen LogP contribution in [0, 0.1) is 0 Å². The lowest BCUT2D eigenvalue weighted by Crippen LogP contribution is -1.86. The maximum absolute atomic E-state index is 5.86. The van der Waals surface area contributed by atoms with Crippen molar-refractivity contribution in [2.75, 3.05) is 0 Å². The highest BCUT2D eigenvalue weighted by molar-refractivity contribution is 9.10. The molecular formula is C10H6BrClN2. The summed E-state index contributed by atoms with van der Waals surface area (Å²) >= 11 is 9.23. The normalized spacial score (nSPS) is 10.1. The Kier molecular flexibility index (Phi) is 2.79. The van der Waals surface area contributed by atoms with Crippen molar-refractivity contribution in [2.45, 2.75) is 0 Å². The number of pyridine rings is 2. The zero-order valence-corrected chi connectivity index (χ0v) is 9.46. The number of hydrogen-bond acceptors (Lipinski definition) is 2. The average Bonchev–Trinajstić information content (AvgIpc) is 2.18. The topological polar surface area (TPSA) is 25.8 Å². The first kappa shape index (κ1) is 9.62. The predicted octanol–water partition coefficient (Wildman–Crippen LogP) is 3.56. The monoisotopic (exact) mass is 268 g/mol. The van der Waals surface area contributed by atoms with E-state index in [0.29, 0.717) is 5.02 Å². The van der Waals surface area contributed by atoms with E-state index in [1.807, 2.05) is 12.1 Å². The molecule has 0 fully saturated rings. The van der Waals surface area contributed by atoms with Crippen LogP contribution in [0.5, 0.6) is 0 Å². The highest BCUT2D eigenvalue weighted by Crippen LogP contribution is 2.20. The molecule has 0 spiro atoms. The molecule has 2 rings (SSSR count). The number of nitrogens with zero attached hydrogens (tertiary/aromatic N) is 2. The van der Waals surface area contributed by atoms with Gasteiger partial charge in [-0.3, -0.25) is 9.97 Å². The van der Waals surface area contributed by atoms with Gasteiger partial charge < -0.3 is 0 Å². The third-order valence-corrected chi connectivity index (χ3v) is 2.43. The second kappa shape index (κ2) is 4.07. The van der Waals surface area contributed by atoms with Crippen LogP contribution in [0.1, 0.15) is 0 Å². The smallest absolute Gasteiger partial charge is 0.0901 e. The van der Waals surface area contributed by atoms with E-state index in [9.17, 15) is 0 Å². The molecule has 0 bridgehead atoms. The zero-order valence-electron chi connectivity index (χ0n) is 7.11. The Morgan fingerprint density at radius 1 is 1.00 bits per heavy atom. The van der Waals surface area contributed by atoms with Gasteiger partial charge in [-0.1, -0.05) is 27.5 Å². The molecule has 14 heavy (non-hydrogen) atoms. The van der Waals surface area contributed by atoms with Crippen molar-refractivity contribution in [1.29, 1.82) is 0 Å². The Morgan fingerprint density at radius 3 is 2.29 bits per heavy atom. The summed E-state index contributed by atoms with van der Waals surface area (Å²) in [5.74, 6) is 0. The van der Waals surface area contributed by atoms with Gasteiger partial charge in [0.25, 0.3) is 0 Å². The lowest BCUT2D eigenvalue weighted by Gasteiger charge is -2.00. The molecule has 2 aromatic rings. The van der Waals surface area contributed by atoms with Crippen LogP contribution in [0.4, 0.5) is 0 Å². The summed E-state index contributed by atoms with van der Waals surface area (Å²) in [6.07, 6.45) is 3.39. The van der Waals surface area contributed by atoms with Crippen molar-refractivity contribution in [1.82, 2.24) is 9.97 Å². The van der Waals surface area contributed by atoms with Gasteiger partial charge >= 0.3 is 0 Å². The Balaban J connectivity index is 2.49. The van der Waals surface area contributed by atoms with Crippen molar-refractivity contribution < 1.29 is 0 Å². The predicted molar refractivity (Wildman–Crippen MR) is 60.2 cm³/mol. The van der Waals surface area contributed by atoms with Crippen molar-refractivity contribution in [3.8, 4) is 11.4 Å². The summed E-state index contributed by atoms with van der Waals surface area (Å²) in [6.45, 7) is 0. The van der Waals surface area contributed by atoms with E-state index in [1.54, 1.807) is 24.5 Å². The summed E-state index contributed by atoms with van der Waals surface area (Å²) in [5.41, 5.74) is 1.58. The van der Waals surface area contributed by atoms with Crippen LogP contribution in [-0.2, 0) is 0 Å². The number of halogens is 2. The molecule has 70 valence electrons. The third kappa shape index (κ3) is 2.11. The van der Waals surface area contributed by atoms with E-state index in [4.69, 9.17) is 11.6 Å². The van der Waals surface area contributed by atoms with Crippen LogP contribution in [0.25, 0.3) is 11.4 Å². The minimum absolute atomic E-state index is 0.664. The molecule has 0 amide bonds. The Morgan fingerprint density at radius 2 is 1.64 bits per heavy atom. The number of aromatic nitrogens is 2. The van der Waals surface area contributed by atoms with Crippen molar-refractivity contribution in [3.05, 3.63) is 46.2 Å². The maximum Gasteiger partial charge on any atom is 0.0901 e. The first-order valence-electron chi connectivity index (χ1n) is 3.99. The van der Waals surface area contributed by atoms with Gasteiger partial charge in [0.1, 0.15) is 0 Å². The van der Waals surface area contributed by atoms with Gasteiger partial charge in [-0.15, -0.1) is 0 Å². The SMILES string of the molecule is Clc1ccnc(-c2cc(Br)ccn2)c1. The summed E-state index contributed by atoms with van der Waals surface area (Å²) in [4.78, 5) is 8.38. The summed E-state index contributed by atoms with van der Waals surface area (Å²) < 4.78 is 0.976. The van der Waals surface area contributed by atoms with Gasteiger partial charge in [0.15, 0.2) is 0 Å². The quantitative estimate of drug-likeness (QED) is 0.791. The molecule has 2 aromatic heterocycles. The van der Waals surface area contributed by atoms with Gasteiger partial charge in [0, 0.05) is 21.9 Å². The third-order valence-electron chi connectivity index (χ3n) is 1.71. The van der Waals surface area contributed by atoms with Crippen LogP contribution in [-0.4, -0.2) is 9.97 Å². The van der Waals surface area contributed by atoms with Gasteiger partial charge in [-0.05, 0) is 24.3 Å². The summed E-state index contributed by atoms with van der Waals surface area (Å²) in [6, 6.07) is 7.30. The Bertz CT molecular complexity index is 416. The highest BCUT2D eigenvalue weighted by atomic mass is 79.9. The molecule has 2 heterocycles. The van der Waals surface area contributed by atoms with Crippen molar-refractivity contribution in [2.24, 2.45) is 0 Å². The first-order chi connectivity index (χ1) is 6.75.